The van der Waals surface area contributed by atoms with Crippen LogP contribution in [-0.2, 0) is 16.0 Å². The normalized spacial score (nSPS) is 11.7. The van der Waals surface area contributed by atoms with Crippen molar-refractivity contribution in [3.05, 3.63) is 71.5 Å². The molecule has 0 aliphatic rings. The largest absolute Gasteiger partial charge is 0.466 e. The minimum atomic E-state index is -0.315. The number of carbonyl (C=O) groups is 1. The Labute approximate surface area is 171 Å². The Kier molecular flexibility index (Phi) is 6.89. The van der Waals surface area contributed by atoms with Gasteiger partial charge in [-0.15, -0.1) is 0 Å². The van der Waals surface area contributed by atoms with Crippen molar-refractivity contribution in [2.24, 2.45) is 5.92 Å². The van der Waals surface area contributed by atoms with Gasteiger partial charge in [-0.2, -0.15) is 0 Å². The van der Waals surface area contributed by atoms with Gasteiger partial charge >= 0.3 is 5.97 Å². The summed E-state index contributed by atoms with van der Waals surface area (Å²) >= 11 is 0. The van der Waals surface area contributed by atoms with Crippen LogP contribution in [0.25, 0.3) is 11.5 Å². The zero-order valence-electron chi connectivity index (χ0n) is 17.1. The van der Waals surface area contributed by atoms with Crippen LogP contribution in [0, 0.1) is 19.8 Å². The fourth-order valence-electron chi connectivity index (χ4n) is 3.03. The molecule has 0 aliphatic carbocycles. The molecular formula is C23H26N4O2. The molecule has 0 saturated carbocycles. The molecule has 6 heteroatoms. The van der Waals surface area contributed by atoms with Gasteiger partial charge in [0.1, 0.15) is 11.5 Å². The van der Waals surface area contributed by atoms with Crippen molar-refractivity contribution in [2.45, 2.75) is 27.2 Å². The summed E-state index contributed by atoms with van der Waals surface area (Å²) in [6, 6.07) is 15.6. The maximum absolute atomic E-state index is 12.5. The molecular weight excluding hydrogens is 364 g/mol. The zero-order valence-corrected chi connectivity index (χ0v) is 17.1. The van der Waals surface area contributed by atoms with Crippen LogP contribution in [0.4, 0.5) is 5.82 Å². The lowest BCUT2D eigenvalue weighted by atomic mass is 9.99. The third kappa shape index (κ3) is 5.38. The minimum Gasteiger partial charge on any atom is -0.466 e. The third-order valence-electron chi connectivity index (χ3n) is 4.74. The van der Waals surface area contributed by atoms with E-state index >= 15 is 0 Å². The summed E-state index contributed by atoms with van der Waals surface area (Å²) in [6.45, 7) is 6.52. The van der Waals surface area contributed by atoms with Crippen LogP contribution in [0.15, 0.2) is 54.7 Å². The van der Waals surface area contributed by atoms with Crippen molar-refractivity contribution in [1.82, 2.24) is 15.0 Å². The van der Waals surface area contributed by atoms with Crippen LogP contribution in [0.5, 0.6) is 0 Å². The summed E-state index contributed by atoms with van der Waals surface area (Å²) in [5.41, 5.74) is 3.63. The minimum absolute atomic E-state index is 0.211. The Balaban J connectivity index is 1.81. The number of nitrogens with zero attached hydrogens (tertiary/aromatic N) is 3. The van der Waals surface area contributed by atoms with Crippen LogP contribution >= 0.6 is 0 Å². The molecule has 1 N–H and O–H groups in total. The first-order valence-electron chi connectivity index (χ1n) is 9.79. The Bertz CT molecular complexity index is 946. The van der Waals surface area contributed by atoms with E-state index in [4.69, 9.17) is 4.74 Å². The lowest BCUT2D eigenvalue weighted by Gasteiger charge is -2.18. The summed E-state index contributed by atoms with van der Waals surface area (Å²) in [4.78, 5) is 26.1. The molecule has 1 atom stereocenters. The summed E-state index contributed by atoms with van der Waals surface area (Å²) in [6.07, 6.45) is 2.32. The van der Waals surface area contributed by atoms with Gasteiger partial charge in [0.15, 0.2) is 5.82 Å². The molecule has 150 valence electrons. The van der Waals surface area contributed by atoms with Gasteiger partial charge in [-0.3, -0.25) is 9.78 Å². The average Bonchev–Trinajstić information content (AvgIpc) is 2.75. The highest BCUT2D eigenvalue weighted by atomic mass is 16.5. The van der Waals surface area contributed by atoms with Crippen molar-refractivity contribution in [3.8, 4) is 11.5 Å². The molecule has 0 radical (unpaired) electrons. The highest BCUT2D eigenvalue weighted by molar-refractivity contribution is 5.73. The lowest BCUT2D eigenvalue weighted by Crippen LogP contribution is -2.28. The van der Waals surface area contributed by atoms with Crippen LogP contribution in [-0.4, -0.2) is 34.1 Å². The quantitative estimate of drug-likeness (QED) is 0.586. The molecule has 6 nitrogen and oxygen atoms in total. The highest BCUT2D eigenvalue weighted by Crippen LogP contribution is 2.21. The van der Waals surface area contributed by atoms with E-state index < -0.39 is 0 Å². The maximum atomic E-state index is 12.5. The predicted molar refractivity (Wildman–Crippen MR) is 113 cm³/mol. The van der Waals surface area contributed by atoms with Crippen LogP contribution in [0.1, 0.15) is 23.7 Å². The average molecular weight is 390 g/mol. The van der Waals surface area contributed by atoms with E-state index in [1.54, 1.807) is 6.20 Å². The van der Waals surface area contributed by atoms with E-state index in [1.807, 2.05) is 69.3 Å². The smallest absolute Gasteiger partial charge is 0.311 e. The second kappa shape index (κ2) is 9.78. The zero-order chi connectivity index (χ0) is 20.6. The van der Waals surface area contributed by atoms with Crippen LogP contribution in [0.3, 0.4) is 0 Å². The summed E-state index contributed by atoms with van der Waals surface area (Å²) in [5.74, 6) is 0.745. The van der Waals surface area contributed by atoms with E-state index in [0.717, 1.165) is 16.8 Å². The van der Waals surface area contributed by atoms with Gasteiger partial charge < -0.3 is 10.1 Å². The monoisotopic (exact) mass is 390 g/mol. The highest BCUT2D eigenvalue weighted by Gasteiger charge is 2.21. The Hall–Kier alpha value is -3.28. The molecule has 0 fully saturated rings. The number of ether oxygens (including phenoxy) is 1. The second-order valence-electron chi connectivity index (χ2n) is 6.84. The molecule has 0 aliphatic heterocycles. The van der Waals surface area contributed by atoms with Crippen molar-refractivity contribution in [3.63, 3.8) is 0 Å². The number of aromatic nitrogens is 3. The maximum Gasteiger partial charge on any atom is 0.311 e. The summed E-state index contributed by atoms with van der Waals surface area (Å²) in [7, 11) is 0. The molecule has 1 unspecified atom stereocenters. The topological polar surface area (TPSA) is 77.0 Å². The number of pyridine rings is 1. The number of esters is 1. The predicted octanol–water partition coefficient (Wildman–Crippen LogP) is 3.99. The molecule has 3 rings (SSSR count). The Morgan fingerprint density at radius 1 is 1.07 bits per heavy atom. The second-order valence-corrected chi connectivity index (χ2v) is 6.84. The standard InChI is InChI=1S/C23H26N4O2/c1-4-29-23(28)19(14-18-10-6-5-7-11-18)15-25-21-16(2)17(3)26-22(27-21)20-12-8-9-13-24-20/h5-13,19H,4,14-15H2,1-3H3,(H,25,26,27). The number of aryl methyl sites for hydroxylation is 1. The number of hydrogen-bond donors (Lipinski definition) is 1. The third-order valence-corrected chi connectivity index (χ3v) is 4.74. The van der Waals surface area contributed by atoms with Crippen molar-refractivity contribution < 1.29 is 9.53 Å². The van der Waals surface area contributed by atoms with Gasteiger partial charge in [0.05, 0.1) is 12.5 Å². The first kappa shape index (κ1) is 20.5. The fraction of sp³-hybridized carbons (Fsp3) is 0.304. The number of benzene rings is 1. The van der Waals surface area contributed by atoms with Crippen molar-refractivity contribution >= 4 is 11.8 Å². The molecule has 1 aromatic carbocycles. The summed E-state index contributed by atoms with van der Waals surface area (Å²) in [5, 5.41) is 3.34. The molecule has 0 amide bonds. The van der Waals surface area contributed by atoms with Gasteiger partial charge in [0, 0.05) is 24.0 Å². The number of anilines is 1. The van der Waals surface area contributed by atoms with E-state index in [9.17, 15) is 4.79 Å². The van der Waals surface area contributed by atoms with E-state index in [0.29, 0.717) is 36.9 Å². The Morgan fingerprint density at radius 3 is 2.52 bits per heavy atom. The number of carbonyl (C=O) groups excluding carboxylic acids is 1. The lowest BCUT2D eigenvalue weighted by molar-refractivity contribution is -0.147. The first-order valence-corrected chi connectivity index (χ1v) is 9.79. The van der Waals surface area contributed by atoms with Gasteiger partial charge in [-0.1, -0.05) is 36.4 Å². The molecule has 29 heavy (non-hydrogen) atoms. The molecule has 0 spiro atoms. The van der Waals surface area contributed by atoms with Crippen LogP contribution in [0.2, 0.25) is 0 Å². The molecule has 3 aromatic rings. The van der Waals surface area contributed by atoms with E-state index in [-0.39, 0.29) is 11.9 Å². The van der Waals surface area contributed by atoms with Gasteiger partial charge in [0.25, 0.3) is 0 Å². The van der Waals surface area contributed by atoms with E-state index in [2.05, 4.69) is 20.3 Å². The fourth-order valence-corrected chi connectivity index (χ4v) is 3.03. The molecule has 2 heterocycles. The Morgan fingerprint density at radius 2 is 1.83 bits per heavy atom. The SMILES string of the molecule is CCOC(=O)C(CNc1nc(-c2ccccn2)nc(C)c1C)Cc1ccccc1. The first-order chi connectivity index (χ1) is 14.1. The molecule has 2 aromatic heterocycles. The van der Waals surface area contributed by atoms with Gasteiger partial charge in [0.2, 0.25) is 0 Å². The molecule has 0 bridgehead atoms. The number of rotatable bonds is 8. The molecule has 0 saturated heterocycles. The van der Waals surface area contributed by atoms with Crippen molar-refractivity contribution in [2.75, 3.05) is 18.5 Å². The summed E-state index contributed by atoms with van der Waals surface area (Å²) < 4.78 is 5.29. The van der Waals surface area contributed by atoms with Crippen LogP contribution < -0.4 is 5.32 Å². The van der Waals surface area contributed by atoms with Gasteiger partial charge in [-0.25, -0.2) is 9.97 Å². The number of hydrogen-bond acceptors (Lipinski definition) is 6. The van der Waals surface area contributed by atoms with E-state index in [1.165, 1.54) is 0 Å². The van der Waals surface area contributed by atoms with Crippen molar-refractivity contribution in [1.29, 1.82) is 0 Å². The number of nitrogens with one attached hydrogen (secondary N) is 1. The van der Waals surface area contributed by atoms with Gasteiger partial charge in [-0.05, 0) is 44.9 Å².